The molecule has 0 unspecified atom stereocenters. The van der Waals surface area contributed by atoms with E-state index in [-0.39, 0.29) is 18.2 Å². The molecule has 168 valence electrons. The van der Waals surface area contributed by atoms with Crippen LogP contribution < -0.4 is 15.4 Å². The molecule has 0 spiro atoms. The standard InChI is InChI=1S/C25H29N3O3S/c1-4-31-22-11-6-5-10-21(22)25-28-20(16-32-25)14-23(29)26-15-18-8-7-9-19(13-18)27-24(30)12-17(2)3/h5-11,13,16-17H,4,12,14-15H2,1-3H3,(H,26,29)(H,27,30). The Hall–Kier alpha value is -3.19. The fourth-order valence-electron chi connectivity index (χ4n) is 3.21. The van der Waals surface area contributed by atoms with E-state index in [0.717, 1.165) is 33.3 Å². The zero-order valence-corrected chi connectivity index (χ0v) is 19.5. The van der Waals surface area contributed by atoms with Crippen molar-refractivity contribution in [1.29, 1.82) is 0 Å². The van der Waals surface area contributed by atoms with Crippen molar-refractivity contribution in [2.75, 3.05) is 11.9 Å². The SMILES string of the molecule is CCOc1ccccc1-c1nc(CC(=O)NCc2cccc(NC(=O)CC(C)C)c2)cs1. The van der Waals surface area contributed by atoms with Gasteiger partial charge in [0.25, 0.3) is 0 Å². The second kappa shape index (κ2) is 11.4. The first kappa shape index (κ1) is 23.5. The number of aromatic nitrogens is 1. The number of para-hydroxylation sites is 1. The number of ether oxygens (including phenoxy) is 1. The first-order valence-corrected chi connectivity index (χ1v) is 11.6. The number of rotatable bonds is 10. The average Bonchev–Trinajstić information content (AvgIpc) is 3.21. The van der Waals surface area contributed by atoms with Crippen LogP contribution in [0.25, 0.3) is 10.6 Å². The molecule has 32 heavy (non-hydrogen) atoms. The third-order valence-corrected chi connectivity index (χ3v) is 5.53. The summed E-state index contributed by atoms with van der Waals surface area (Å²) in [6.45, 7) is 6.93. The van der Waals surface area contributed by atoms with E-state index >= 15 is 0 Å². The molecule has 3 rings (SSSR count). The van der Waals surface area contributed by atoms with Crippen molar-refractivity contribution < 1.29 is 14.3 Å². The van der Waals surface area contributed by atoms with E-state index in [1.54, 1.807) is 0 Å². The molecule has 2 amide bonds. The first-order chi connectivity index (χ1) is 15.4. The minimum Gasteiger partial charge on any atom is -0.493 e. The Labute approximate surface area is 193 Å². The largest absolute Gasteiger partial charge is 0.493 e. The molecule has 0 atom stereocenters. The third kappa shape index (κ3) is 6.92. The van der Waals surface area contributed by atoms with E-state index in [1.165, 1.54) is 11.3 Å². The number of hydrogen-bond acceptors (Lipinski definition) is 5. The summed E-state index contributed by atoms with van der Waals surface area (Å²) in [5, 5.41) is 8.57. The van der Waals surface area contributed by atoms with E-state index in [0.29, 0.717) is 25.5 Å². The lowest BCUT2D eigenvalue weighted by Crippen LogP contribution is -2.24. The molecule has 2 aromatic carbocycles. The lowest BCUT2D eigenvalue weighted by molar-refractivity contribution is -0.120. The smallest absolute Gasteiger partial charge is 0.226 e. The van der Waals surface area contributed by atoms with Gasteiger partial charge < -0.3 is 15.4 Å². The molecular formula is C25H29N3O3S. The summed E-state index contributed by atoms with van der Waals surface area (Å²) in [6, 6.07) is 15.3. The number of nitrogens with zero attached hydrogens (tertiary/aromatic N) is 1. The number of hydrogen-bond donors (Lipinski definition) is 2. The summed E-state index contributed by atoms with van der Waals surface area (Å²) in [6.07, 6.45) is 0.684. The predicted molar refractivity (Wildman–Crippen MR) is 129 cm³/mol. The number of carbonyl (C=O) groups is 2. The van der Waals surface area contributed by atoms with Gasteiger partial charge in [0.1, 0.15) is 10.8 Å². The molecule has 1 heterocycles. The second-order valence-electron chi connectivity index (χ2n) is 7.87. The summed E-state index contributed by atoms with van der Waals surface area (Å²) in [4.78, 5) is 29.0. The Kier molecular flexibility index (Phi) is 8.39. The number of carbonyl (C=O) groups excluding carboxylic acids is 2. The molecule has 0 bridgehead atoms. The zero-order valence-electron chi connectivity index (χ0n) is 18.7. The van der Waals surface area contributed by atoms with E-state index in [2.05, 4.69) is 15.6 Å². The van der Waals surface area contributed by atoms with Crippen LogP contribution in [0.15, 0.2) is 53.9 Å². The minimum absolute atomic E-state index is 0.00793. The topological polar surface area (TPSA) is 80.3 Å². The molecule has 0 saturated heterocycles. The van der Waals surface area contributed by atoms with Crippen LogP contribution in [-0.4, -0.2) is 23.4 Å². The van der Waals surface area contributed by atoms with Crippen LogP contribution in [0.2, 0.25) is 0 Å². The van der Waals surface area contributed by atoms with Crippen molar-refractivity contribution in [3.8, 4) is 16.3 Å². The van der Waals surface area contributed by atoms with Gasteiger partial charge in [0.2, 0.25) is 11.8 Å². The molecule has 2 N–H and O–H groups in total. The molecule has 0 aliphatic rings. The summed E-state index contributed by atoms with van der Waals surface area (Å²) < 4.78 is 5.68. The Balaban J connectivity index is 1.55. The van der Waals surface area contributed by atoms with Crippen LogP contribution in [0.3, 0.4) is 0 Å². The average molecular weight is 452 g/mol. The number of thiazole rings is 1. The van der Waals surface area contributed by atoms with Gasteiger partial charge in [-0.2, -0.15) is 0 Å². The van der Waals surface area contributed by atoms with E-state index in [1.807, 2.05) is 74.7 Å². The Morgan fingerprint density at radius 2 is 1.91 bits per heavy atom. The number of anilines is 1. The molecule has 0 aliphatic heterocycles. The lowest BCUT2D eigenvalue weighted by Gasteiger charge is -2.09. The van der Waals surface area contributed by atoms with Gasteiger partial charge in [0, 0.05) is 24.0 Å². The quantitative estimate of drug-likeness (QED) is 0.452. The first-order valence-electron chi connectivity index (χ1n) is 10.8. The van der Waals surface area contributed by atoms with Gasteiger partial charge in [-0.25, -0.2) is 4.98 Å². The molecule has 1 aromatic heterocycles. The summed E-state index contributed by atoms with van der Waals surface area (Å²) in [5.41, 5.74) is 3.32. The van der Waals surface area contributed by atoms with E-state index < -0.39 is 0 Å². The number of amides is 2. The Bertz CT molecular complexity index is 1060. The van der Waals surface area contributed by atoms with Crippen LogP contribution in [0.5, 0.6) is 5.75 Å². The monoisotopic (exact) mass is 451 g/mol. The van der Waals surface area contributed by atoms with Crippen LogP contribution in [0.4, 0.5) is 5.69 Å². The highest BCUT2D eigenvalue weighted by molar-refractivity contribution is 7.13. The van der Waals surface area contributed by atoms with Gasteiger partial charge in [0.05, 0.1) is 24.3 Å². The van der Waals surface area contributed by atoms with Crippen molar-refractivity contribution in [3.05, 3.63) is 65.2 Å². The van der Waals surface area contributed by atoms with E-state index in [9.17, 15) is 9.59 Å². The van der Waals surface area contributed by atoms with Gasteiger partial charge in [-0.3, -0.25) is 9.59 Å². The fraction of sp³-hybridized carbons (Fsp3) is 0.320. The maximum atomic E-state index is 12.4. The number of nitrogens with one attached hydrogen (secondary N) is 2. The molecule has 0 radical (unpaired) electrons. The van der Waals surface area contributed by atoms with Gasteiger partial charge in [-0.15, -0.1) is 11.3 Å². The number of benzene rings is 2. The van der Waals surface area contributed by atoms with Gasteiger partial charge in [-0.05, 0) is 42.7 Å². The highest BCUT2D eigenvalue weighted by Crippen LogP contribution is 2.32. The van der Waals surface area contributed by atoms with Crippen molar-refractivity contribution in [3.63, 3.8) is 0 Å². The Morgan fingerprint density at radius 1 is 1.09 bits per heavy atom. The van der Waals surface area contributed by atoms with Crippen LogP contribution >= 0.6 is 11.3 Å². The van der Waals surface area contributed by atoms with Gasteiger partial charge in [-0.1, -0.05) is 38.1 Å². The molecule has 7 heteroatoms. The molecule has 0 aliphatic carbocycles. The third-order valence-electron chi connectivity index (χ3n) is 4.60. The van der Waals surface area contributed by atoms with Crippen molar-refractivity contribution in [2.24, 2.45) is 5.92 Å². The second-order valence-corrected chi connectivity index (χ2v) is 8.73. The molecule has 0 fully saturated rings. The summed E-state index contributed by atoms with van der Waals surface area (Å²) in [7, 11) is 0. The summed E-state index contributed by atoms with van der Waals surface area (Å²) >= 11 is 1.50. The molecule has 3 aromatic rings. The normalized spacial score (nSPS) is 10.8. The van der Waals surface area contributed by atoms with E-state index in [4.69, 9.17) is 4.74 Å². The highest BCUT2D eigenvalue weighted by atomic mass is 32.1. The maximum Gasteiger partial charge on any atom is 0.226 e. The summed E-state index contributed by atoms with van der Waals surface area (Å²) in [5.74, 6) is 0.984. The molecule has 6 nitrogen and oxygen atoms in total. The zero-order chi connectivity index (χ0) is 22.9. The predicted octanol–water partition coefficient (Wildman–Crippen LogP) is 5.05. The Morgan fingerprint density at radius 3 is 2.69 bits per heavy atom. The van der Waals surface area contributed by atoms with Crippen LogP contribution in [0, 0.1) is 5.92 Å². The van der Waals surface area contributed by atoms with Crippen molar-refractivity contribution >= 4 is 28.8 Å². The van der Waals surface area contributed by atoms with Gasteiger partial charge >= 0.3 is 0 Å². The molecule has 0 saturated carbocycles. The van der Waals surface area contributed by atoms with Crippen LogP contribution in [-0.2, 0) is 22.6 Å². The lowest BCUT2D eigenvalue weighted by atomic mass is 10.1. The van der Waals surface area contributed by atoms with Crippen molar-refractivity contribution in [2.45, 2.75) is 40.2 Å². The fourth-order valence-corrected chi connectivity index (χ4v) is 4.06. The van der Waals surface area contributed by atoms with Crippen LogP contribution in [0.1, 0.15) is 38.4 Å². The minimum atomic E-state index is -0.103. The van der Waals surface area contributed by atoms with Gasteiger partial charge in [0.15, 0.2) is 0 Å². The molecular weight excluding hydrogens is 422 g/mol. The van der Waals surface area contributed by atoms with Crippen molar-refractivity contribution in [1.82, 2.24) is 10.3 Å². The highest BCUT2D eigenvalue weighted by Gasteiger charge is 2.12. The maximum absolute atomic E-state index is 12.4.